The molecule has 71 heavy (non-hydrogen) atoms. The Bertz CT molecular complexity index is 4420. The lowest BCUT2D eigenvalue weighted by atomic mass is 10.1. The summed E-state index contributed by atoms with van der Waals surface area (Å²) in [6.07, 6.45) is 5.94. The summed E-state index contributed by atoms with van der Waals surface area (Å²) in [6, 6.07) is 73.2. The molecule has 8 aromatic carbocycles. The topological polar surface area (TPSA) is 83.4 Å². The predicted octanol–water partition coefficient (Wildman–Crippen LogP) is 11.4. The first-order chi connectivity index (χ1) is 35.1. The van der Waals surface area contributed by atoms with Gasteiger partial charge in [-0.25, -0.2) is 19.9 Å². The zero-order valence-electron chi connectivity index (χ0n) is 38.6. The third kappa shape index (κ3) is 5.98. The van der Waals surface area contributed by atoms with Crippen LogP contribution >= 0.6 is 0 Å². The Kier molecular flexibility index (Phi) is 9.07. The third-order valence-corrected chi connectivity index (χ3v) is 18.8. The zero-order valence-corrected chi connectivity index (χ0v) is 39.6. The van der Waals surface area contributed by atoms with Gasteiger partial charge in [-0.1, -0.05) is 164 Å². The van der Waals surface area contributed by atoms with Crippen LogP contribution in [0.2, 0.25) is 0 Å². The summed E-state index contributed by atoms with van der Waals surface area (Å²) in [5.74, 6) is 3.37. The standard InChI is InChI=1S/C61H42N8OSi/c1-3-20-49-47(4-2)62-60-66(49)51-30-14-16-32-53(51)68(60)57-39-58(69-54-33-17-15-31-52(54)67-50-29-13-12-28-48(50)63-61(67)69)65-59(64-57)40-21-19-26-43(37-40)71(41-22-7-5-8-23-41,42-24-9-6-10-25-42)44-35-36-56-46(38-44)45-27-11-18-34-55(45)70-56/h3-39H,2H2,1H3/b20-3-. The van der Waals surface area contributed by atoms with Crippen LogP contribution in [0.3, 0.4) is 0 Å². The molecule has 0 radical (unpaired) electrons. The van der Waals surface area contributed by atoms with Crippen LogP contribution < -0.4 is 20.7 Å². The molecule has 0 N–H and O–H groups in total. The van der Waals surface area contributed by atoms with Crippen LogP contribution in [0.1, 0.15) is 18.3 Å². The molecule has 336 valence electrons. The first-order valence-electron chi connectivity index (χ1n) is 23.8. The molecule has 0 saturated carbocycles. The van der Waals surface area contributed by atoms with Crippen LogP contribution in [0, 0.1) is 0 Å². The van der Waals surface area contributed by atoms with Crippen molar-refractivity contribution >= 4 is 108 Å². The van der Waals surface area contributed by atoms with Crippen molar-refractivity contribution in [1.82, 2.24) is 37.9 Å². The average Bonchev–Trinajstić information content (AvgIpc) is 4.24. The van der Waals surface area contributed by atoms with Crippen molar-refractivity contribution in [2.45, 2.75) is 6.92 Å². The number of hydrogen-bond acceptors (Lipinski definition) is 5. The Hall–Kier alpha value is -9.38. The molecule has 0 unspecified atom stereocenters. The normalized spacial score (nSPS) is 12.3. The van der Waals surface area contributed by atoms with Crippen molar-refractivity contribution in [3.63, 3.8) is 0 Å². The molecule has 14 rings (SSSR count). The number of allylic oxidation sites excluding steroid dienone is 1. The molecule has 14 aromatic rings. The van der Waals surface area contributed by atoms with Crippen molar-refractivity contribution < 1.29 is 4.42 Å². The average molecular weight is 931 g/mol. The molecule has 6 heterocycles. The highest BCUT2D eigenvalue weighted by Crippen LogP contribution is 2.34. The quantitative estimate of drug-likeness (QED) is 0.106. The highest BCUT2D eigenvalue weighted by Gasteiger charge is 2.42. The maximum Gasteiger partial charge on any atom is 0.221 e. The first kappa shape index (κ1) is 40.7. The van der Waals surface area contributed by atoms with E-state index in [1.807, 2.05) is 37.3 Å². The fourth-order valence-electron chi connectivity index (χ4n) is 11.1. The molecule has 10 heteroatoms. The number of fused-ring (bicyclic) bond motifs is 11. The highest BCUT2D eigenvalue weighted by atomic mass is 28.3. The molecule has 0 amide bonds. The number of nitrogens with zero attached hydrogens (tertiary/aromatic N) is 8. The molecule has 6 aromatic heterocycles. The molecular formula is C61H42N8OSi. The summed E-state index contributed by atoms with van der Waals surface area (Å²) >= 11 is 0. The SMILES string of the molecule is C=Cc1nc2n(-c3cc(-n4c5ccccc5n5c6ccccc6nc45)nc(-c4cccc([Si](c5ccccc5)(c5ccccc5)c5ccc6oc7ccccc7c6c5)c4)n3)c3ccccc3n2c1/C=C\C. The molecule has 0 spiro atoms. The van der Waals surface area contributed by atoms with E-state index in [4.69, 9.17) is 24.4 Å². The summed E-state index contributed by atoms with van der Waals surface area (Å²) in [5, 5.41) is 7.14. The number of aromatic nitrogens is 8. The van der Waals surface area contributed by atoms with Gasteiger partial charge in [0.25, 0.3) is 0 Å². The molecule has 0 aliphatic heterocycles. The van der Waals surface area contributed by atoms with Crippen LogP contribution in [0.25, 0.3) is 102 Å². The lowest BCUT2D eigenvalue weighted by Gasteiger charge is -2.34. The second-order valence-corrected chi connectivity index (χ2v) is 21.7. The van der Waals surface area contributed by atoms with Crippen molar-refractivity contribution in [3.05, 3.63) is 230 Å². The number of furan rings is 1. The van der Waals surface area contributed by atoms with Gasteiger partial charge in [0.15, 0.2) is 13.9 Å². The minimum atomic E-state index is -3.11. The minimum absolute atomic E-state index is 0.562. The van der Waals surface area contributed by atoms with Crippen molar-refractivity contribution in [2.24, 2.45) is 0 Å². The van der Waals surface area contributed by atoms with Gasteiger partial charge in [0.05, 0.1) is 44.5 Å². The Morgan fingerprint density at radius 3 is 1.72 bits per heavy atom. The summed E-state index contributed by atoms with van der Waals surface area (Å²) < 4.78 is 15.2. The summed E-state index contributed by atoms with van der Waals surface area (Å²) in [4.78, 5) is 21.7. The minimum Gasteiger partial charge on any atom is -0.456 e. The van der Waals surface area contributed by atoms with Gasteiger partial charge >= 0.3 is 0 Å². The molecule has 0 saturated heterocycles. The number of imidazole rings is 4. The third-order valence-electron chi connectivity index (χ3n) is 14.0. The first-order valence-corrected chi connectivity index (χ1v) is 25.8. The largest absolute Gasteiger partial charge is 0.456 e. The number of para-hydroxylation sites is 7. The monoisotopic (exact) mass is 930 g/mol. The number of benzene rings is 8. The van der Waals surface area contributed by atoms with E-state index in [9.17, 15) is 0 Å². The lowest BCUT2D eigenvalue weighted by Crippen LogP contribution is -2.74. The maximum atomic E-state index is 6.42. The molecule has 9 nitrogen and oxygen atoms in total. The van der Waals surface area contributed by atoms with Gasteiger partial charge < -0.3 is 4.42 Å². The van der Waals surface area contributed by atoms with Crippen LogP contribution in [0.15, 0.2) is 223 Å². The van der Waals surface area contributed by atoms with Crippen LogP contribution in [0.4, 0.5) is 0 Å². The highest BCUT2D eigenvalue weighted by molar-refractivity contribution is 7.20. The summed E-state index contributed by atoms with van der Waals surface area (Å²) in [6.45, 7) is 6.19. The smallest absolute Gasteiger partial charge is 0.221 e. The fraction of sp³-hybridized carbons (Fsp3) is 0.0164. The zero-order chi connectivity index (χ0) is 47.2. The van der Waals surface area contributed by atoms with E-state index in [0.717, 1.165) is 77.8 Å². The Morgan fingerprint density at radius 2 is 1.03 bits per heavy atom. The maximum absolute atomic E-state index is 6.42. The van der Waals surface area contributed by atoms with E-state index < -0.39 is 8.07 Å². The number of hydrogen-bond donors (Lipinski definition) is 0. The van der Waals surface area contributed by atoms with Gasteiger partial charge in [-0.15, -0.1) is 0 Å². The van der Waals surface area contributed by atoms with Crippen molar-refractivity contribution in [3.8, 4) is 23.0 Å². The fourth-order valence-corrected chi connectivity index (χ4v) is 15.9. The second-order valence-electron chi connectivity index (χ2n) is 17.9. The summed E-state index contributed by atoms with van der Waals surface area (Å²) in [7, 11) is -3.11. The van der Waals surface area contributed by atoms with Gasteiger partial charge in [-0.2, -0.15) is 0 Å². The molecule has 0 atom stereocenters. The van der Waals surface area contributed by atoms with Gasteiger partial charge in [-0.05, 0) is 88.4 Å². The predicted molar refractivity (Wildman–Crippen MR) is 292 cm³/mol. The Balaban J connectivity index is 1.08. The van der Waals surface area contributed by atoms with E-state index in [0.29, 0.717) is 23.2 Å². The van der Waals surface area contributed by atoms with Crippen LogP contribution in [-0.4, -0.2) is 45.9 Å². The molecule has 0 aliphatic carbocycles. The summed E-state index contributed by atoms with van der Waals surface area (Å²) in [5.41, 5.74) is 10.2. The Morgan fingerprint density at radius 1 is 0.465 bits per heavy atom. The second kappa shape index (κ2) is 15.8. The van der Waals surface area contributed by atoms with Crippen molar-refractivity contribution in [2.75, 3.05) is 0 Å². The molecule has 0 bridgehead atoms. The van der Waals surface area contributed by atoms with Gasteiger partial charge in [0.2, 0.25) is 11.6 Å². The van der Waals surface area contributed by atoms with Crippen molar-refractivity contribution in [1.29, 1.82) is 0 Å². The van der Waals surface area contributed by atoms with E-state index in [1.165, 1.54) is 20.7 Å². The van der Waals surface area contributed by atoms with Gasteiger partial charge in [0, 0.05) is 22.4 Å². The Labute approximate surface area is 408 Å². The van der Waals surface area contributed by atoms with Gasteiger partial charge in [-0.3, -0.25) is 17.9 Å². The molecular weight excluding hydrogens is 889 g/mol. The van der Waals surface area contributed by atoms with E-state index in [1.54, 1.807) is 0 Å². The van der Waals surface area contributed by atoms with E-state index >= 15 is 0 Å². The van der Waals surface area contributed by atoms with E-state index in [2.05, 4.69) is 219 Å². The number of rotatable bonds is 9. The van der Waals surface area contributed by atoms with Gasteiger partial charge in [0.1, 0.15) is 22.8 Å². The lowest BCUT2D eigenvalue weighted by molar-refractivity contribution is 0.669. The van der Waals surface area contributed by atoms with Crippen LogP contribution in [0.5, 0.6) is 0 Å². The molecule has 0 fully saturated rings. The van der Waals surface area contributed by atoms with E-state index in [-0.39, 0.29) is 0 Å². The van der Waals surface area contributed by atoms with Crippen LogP contribution in [-0.2, 0) is 0 Å². The molecule has 0 aliphatic rings.